The van der Waals surface area contributed by atoms with Crippen LogP contribution >= 0.6 is 0 Å². The molecule has 3 rings (SSSR count). The second kappa shape index (κ2) is 5.62. The molecule has 1 unspecified atom stereocenters. The first-order valence-corrected chi connectivity index (χ1v) is 7.15. The minimum Gasteiger partial charge on any atom is -0.324 e. The molecule has 1 heterocycles. The number of benzene rings is 2. The van der Waals surface area contributed by atoms with E-state index in [-0.39, 0.29) is 6.04 Å². The Morgan fingerprint density at radius 3 is 2.29 bits per heavy atom. The molecule has 1 aromatic heterocycles. The highest BCUT2D eigenvalue weighted by Gasteiger charge is 2.09. The second-order valence-corrected chi connectivity index (χ2v) is 5.61. The highest BCUT2D eigenvalue weighted by atomic mass is 14.8. The molecule has 0 aliphatic heterocycles. The fraction of sp³-hybridized carbons (Fsp3) is 0.222. The summed E-state index contributed by atoms with van der Waals surface area (Å²) in [6.07, 6.45) is 4.24. The molecule has 0 bridgehead atoms. The van der Waals surface area contributed by atoms with Crippen molar-refractivity contribution >= 4 is 11.0 Å². The first-order chi connectivity index (χ1) is 10.1. The fourth-order valence-corrected chi connectivity index (χ4v) is 2.77. The number of aryl methyl sites for hydroxylation is 2. The van der Waals surface area contributed by atoms with Gasteiger partial charge in [0, 0.05) is 18.4 Å². The Hall–Kier alpha value is -2.26. The van der Waals surface area contributed by atoms with Crippen LogP contribution in [-0.2, 0) is 6.42 Å². The molecule has 0 saturated heterocycles. The van der Waals surface area contributed by atoms with Gasteiger partial charge in [0.1, 0.15) is 0 Å². The summed E-state index contributed by atoms with van der Waals surface area (Å²) in [6.45, 7) is 4.24. The van der Waals surface area contributed by atoms with Gasteiger partial charge in [-0.25, -0.2) is 0 Å². The molecule has 21 heavy (non-hydrogen) atoms. The van der Waals surface area contributed by atoms with E-state index in [9.17, 15) is 0 Å². The number of hydrogen-bond acceptors (Lipinski definition) is 3. The lowest BCUT2D eigenvalue weighted by atomic mass is 9.97. The van der Waals surface area contributed by atoms with Gasteiger partial charge in [-0.2, -0.15) is 0 Å². The molecule has 1 atom stereocenters. The van der Waals surface area contributed by atoms with Crippen LogP contribution in [0.3, 0.4) is 0 Å². The van der Waals surface area contributed by atoms with Crippen molar-refractivity contribution in [2.24, 2.45) is 5.73 Å². The van der Waals surface area contributed by atoms with Gasteiger partial charge in [0.05, 0.1) is 11.0 Å². The zero-order chi connectivity index (χ0) is 14.8. The first kappa shape index (κ1) is 13.7. The van der Waals surface area contributed by atoms with E-state index in [1.165, 1.54) is 16.7 Å². The Morgan fingerprint density at radius 1 is 0.905 bits per heavy atom. The van der Waals surface area contributed by atoms with Crippen LogP contribution in [0.4, 0.5) is 0 Å². The van der Waals surface area contributed by atoms with E-state index in [2.05, 4.69) is 42.0 Å². The van der Waals surface area contributed by atoms with Crippen LogP contribution in [0.5, 0.6) is 0 Å². The van der Waals surface area contributed by atoms with Crippen molar-refractivity contribution in [2.45, 2.75) is 26.3 Å². The molecule has 0 radical (unpaired) electrons. The van der Waals surface area contributed by atoms with Crippen LogP contribution in [0.2, 0.25) is 0 Å². The average Bonchev–Trinajstić information content (AvgIpc) is 2.45. The van der Waals surface area contributed by atoms with Gasteiger partial charge in [-0.15, -0.1) is 0 Å². The highest BCUT2D eigenvalue weighted by Crippen LogP contribution is 2.20. The largest absolute Gasteiger partial charge is 0.324 e. The van der Waals surface area contributed by atoms with Crippen LogP contribution in [0.1, 0.15) is 28.3 Å². The summed E-state index contributed by atoms with van der Waals surface area (Å²) in [6, 6.07) is 12.6. The van der Waals surface area contributed by atoms with Gasteiger partial charge in [-0.1, -0.05) is 35.4 Å². The molecule has 0 spiro atoms. The van der Waals surface area contributed by atoms with E-state index < -0.39 is 0 Å². The third-order valence-corrected chi connectivity index (χ3v) is 3.66. The number of nitrogens with zero attached hydrogens (tertiary/aromatic N) is 2. The van der Waals surface area contributed by atoms with Gasteiger partial charge >= 0.3 is 0 Å². The molecule has 0 fully saturated rings. The smallest absolute Gasteiger partial charge is 0.0890 e. The van der Waals surface area contributed by atoms with Crippen molar-refractivity contribution < 1.29 is 0 Å². The Labute approximate surface area is 124 Å². The average molecular weight is 277 g/mol. The summed E-state index contributed by atoms with van der Waals surface area (Å²) < 4.78 is 0. The fourth-order valence-electron chi connectivity index (χ4n) is 2.77. The van der Waals surface area contributed by atoms with Crippen molar-refractivity contribution in [3.8, 4) is 0 Å². The maximum absolute atomic E-state index is 6.37. The number of fused-ring (bicyclic) bond motifs is 1. The maximum Gasteiger partial charge on any atom is 0.0890 e. The molecule has 106 valence electrons. The van der Waals surface area contributed by atoms with Crippen molar-refractivity contribution in [3.63, 3.8) is 0 Å². The molecule has 0 aliphatic carbocycles. The van der Waals surface area contributed by atoms with E-state index in [1.807, 2.05) is 18.2 Å². The summed E-state index contributed by atoms with van der Waals surface area (Å²) in [5, 5.41) is 0. The first-order valence-electron chi connectivity index (χ1n) is 7.15. The van der Waals surface area contributed by atoms with Crippen LogP contribution in [-0.4, -0.2) is 9.97 Å². The number of aromatic nitrogens is 2. The summed E-state index contributed by atoms with van der Waals surface area (Å²) in [5.41, 5.74) is 13.1. The molecule has 3 heteroatoms. The molecule has 2 aromatic carbocycles. The van der Waals surface area contributed by atoms with E-state index >= 15 is 0 Å². The number of rotatable bonds is 3. The molecular weight excluding hydrogens is 258 g/mol. The van der Waals surface area contributed by atoms with Crippen molar-refractivity contribution in [2.75, 3.05) is 0 Å². The zero-order valence-electron chi connectivity index (χ0n) is 12.4. The van der Waals surface area contributed by atoms with Crippen molar-refractivity contribution in [3.05, 3.63) is 71.0 Å². The van der Waals surface area contributed by atoms with Crippen LogP contribution < -0.4 is 5.73 Å². The predicted octanol–water partition coefficient (Wildman–Crippen LogP) is 3.49. The van der Waals surface area contributed by atoms with Gasteiger partial charge in [0.15, 0.2) is 0 Å². The molecule has 0 aliphatic rings. The quantitative estimate of drug-likeness (QED) is 0.797. The van der Waals surface area contributed by atoms with Crippen LogP contribution in [0, 0.1) is 13.8 Å². The normalized spacial score (nSPS) is 12.5. The van der Waals surface area contributed by atoms with Crippen molar-refractivity contribution in [1.29, 1.82) is 0 Å². The second-order valence-electron chi connectivity index (χ2n) is 5.61. The zero-order valence-corrected chi connectivity index (χ0v) is 12.4. The van der Waals surface area contributed by atoms with Gasteiger partial charge in [-0.05, 0) is 43.5 Å². The van der Waals surface area contributed by atoms with Crippen molar-refractivity contribution in [1.82, 2.24) is 9.97 Å². The van der Waals surface area contributed by atoms with E-state index in [1.54, 1.807) is 12.4 Å². The molecule has 2 N–H and O–H groups in total. The Balaban J connectivity index is 1.87. The molecule has 0 saturated carbocycles. The summed E-state index contributed by atoms with van der Waals surface area (Å²) in [4.78, 5) is 8.63. The third kappa shape index (κ3) is 3.09. The Bertz CT molecular complexity index is 760. The van der Waals surface area contributed by atoms with Gasteiger partial charge in [0.2, 0.25) is 0 Å². The topological polar surface area (TPSA) is 51.8 Å². The molecule has 0 amide bonds. The minimum atomic E-state index is -0.0300. The monoisotopic (exact) mass is 277 g/mol. The maximum atomic E-state index is 6.37. The summed E-state index contributed by atoms with van der Waals surface area (Å²) in [7, 11) is 0. The minimum absolute atomic E-state index is 0.0300. The lowest BCUT2D eigenvalue weighted by Crippen LogP contribution is -2.13. The van der Waals surface area contributed by atoms with E-state index in [0.29, 0.717) is 0 Å². The summed E-state index contributed by atoms with van der Waals surface area (Å²) in [5.74, 6) is 0. The lowest BCUT2D eigenvalue weighted by molar-refractivity contribution is 0.722. The molecule has 3 nitrogen and oxygen atoms in total. The van der Waals surface area contributed by atoms with E-state index in [4.69, 9.17) is 5.73 Å². The summed E-state index contributed by atoms with van der Waals surface area (Å²) >= 11 is 0. The van der Waals surface area contributed by atoms with Gasteiger partial charge in [0.25, 0.3) is 0 Å². The predicted molar refractivity (Wildman–Crippen MR) is 86.1 cm³/mol. The van der Waals surface area contributed by atoms with Crippen LogP contribution in [0.15, 0.2) is 48.8 Å². The van der Waals surface area contributed by atoms with Gasteiger partial charge in [-0.3, -0.25) is 9.97 Å². The lowest BCUT2D eigenvalue weighted by Gasteiger charge is -2.14. The van der Waals surface area contributed by atoms with E-state index in [0.717, 1.165) is 23.0 Å². The Morgan fingerprint density at radius 2 is 1.57 bits per heavy atom. The third-order valence-electron chi connectivity index (χ3n) is 3.66. The Kier molecular flexibility index (Phi) is 3.67. The highest BCUT2D eigenvalue weighted by molar-refractivity contribution is 5.74. The molecular formula is C18H19N3. The number of hydrogen-bond donors (Lipinski definition) is 1. The molecule has 3 aromatic rings. The van der Waals surface area contributed by atoms with Crippen LogP contribution in [0.25, 0.3) is 11.0 Å². The SMILES string of the molecule is Cc1cc(C)cc(CC(N)c2ccc3nccnc3c2)c1. The standard InChI is InChI=1S/C18H19N3/c1-12-7-13(2)9-14(8-12)10-16(19)15-3-4-17-18(11-15)21-6-5-20-17/h3-9,11,16H,10,19H2,1-2H3. The van der Waals surface area contributed by atoms with Gasteiger partial charge < -0.3 is 5.73 Å². The number of nitrogens with two attached hydrogens (primary N) is 1.